The van der Waals surface area contributed by atoms with E-state index >= 15 is 0 Å². The van der Waals surface area contributed by atoms with Crippen LogP contribution in [0.2, 0.25) is 0 Å². The Balaban J connectivity index is 2.27. The number of aromatic nitrogens is 3. The van der Waals surface area contributed by atoms with Gasteiger partial charge in [0.15, 0.2) is 0 Å². The predicted octanol–water partition coefficient (Wildman–Crippen LogP) is 2.39. The maximum Gasteiger partial charge on any atom is 0.335 e. The van der Waals surface area contributed by atoms with Crippen LogP contribution >= 0.6 is 27.5 Å². The van der Waals surface area contributed by atoms with Crippen LogP contribution in [0.15, 0.2) is 33.9 Å². The van der Waals surface area contributed by atoms with Crippen LogP contribution in [0.1, 0.15) is 11.4 Å². The monoisotopic (exact) mass is 379 g/mol. The lowest BCUT2D eigenvalue weighted by atomic mass is 10.1. The molecule has 22 heavy (non-hydrogen) atoms. The molecule has 3 aromatic rings. The first-order chi connectivity index (χ1) is 10.5. The summed E-state index contributed by atoms with van der Waals surface area (Å²) in [7, 11) is 1.66. The lowest BCUT2D eigenvalue weighted by Gasteiger charge is -2.09. The van der Waals surface area contributed by atoms with Crippen molar-refractivity contribution in [2.24, 2.45) is 7.05 Å². The topological polar surface area (TPSA) is 56.9 Å². The molecule has 114 valence electrons. The summed E-state index contributed by atoms with van der Waals surface area (Å²) in [6, 6.07) is 7.04. The Hall–Kier alpha value is -1.73. The van der Waals surface area contributed by atoms with Crippen LogP contribution in [0.25, 0.3) is 15.8 Å². The molecule has 0 aliphatic heterocycles. The largest absolute Gasteiger partial charge is 0.335 e. The van der Waals surface area contributed by atoms with Crippen LogP contribution < -0.4 is 11.2 Å². The lowest BCUT2D eigenvalue weighted by Crippen LogP contribution is -2.38. The van der Waals surface area contributed by atoms with Gasteiger partial charge < -0.3 is 4.57 Å². The normalized spacial score (nSPS) is 11.2. The van der Waals surface area contributed by atoms with Crippen LogP contribution in [0.5, 0.6) is 0 Å². The van der Waals surface area contributed by atoms with Gasteiger partial charge in [-0.15, -0.1) is 0 Å². The van der Waals surface area contributed by atoms with E-state index in [1.54, 1.807) is 20.0 Å². The fraction of sp³-hybridized carbons (Fsp3) is 0.267. The number of nitrogens with zero attached hydrogens (tertiary/aromatic N) is 3. The zero-order chi connectivity index (χ0) is 15.9. The highest BCUT2D eigenvalue weighted by Crippen LogP contribution is 2.25. The molecule has 2 heterocycles. The summed E-state index contributed by atoms with van der Waals surface area (Å²) in [5.74, 6) is 0. The summed E-state index contributed by atoms with van der Waals surface area (Å²) >= 11 is 4.85. The SMILES string of the molecule is Cc1cc(=O)n(-c2ccc3snc(CCBr)c3c2)c(=O)n1C. The summed E-state index contributed by atoms with van der Waals surface area (Å²) in [6.07, 6.45) is 0.810. The van der Waals surface area contributed by atoms with Crippen molar-refractivity contribution in [1.82, 2.24) is 13.5 Å². The van der Waals surface area contributed by atoms with E-state index in [1.807, 2.05) is 12.1 Å². The van der Waals surface area contributed by atoms with Crippen LogP contribution in [0.4, 0.5) is 0 Å². The molecule has 3 rings (SSSR count). The Kier molecular flexibility index (Phi) is 4.01. The molecular formula is C15H14BrN3O2S. The number of benzene rings is 1. The average molecular weight is 380 g/mol. The Labute approximate surface area is 139 Å². The minimum absolute atomic E-state index is 0.315. The smallest absolute Gasteiger partial charge is 0.301 e. The zero-order valence-corrected chi connectivity index (χ0v) is 14.6. The molecule has 0 radical (unpaired) electrons. The van der Waals surface area contributed by atoms with Gasteiger partial charge in [0.1, 0.15) is 0 Å². The van der Waals surface area contributed by atoms with Gasteiger partial charge in [-0.05, 0) is 36.7 Å². The third kappa shape index (κ3) is 2.44. The van der Waals surface area contributed by atoms with Crippen LogP contribution in [-0.2, 0) is 13.5 Å². The maximum atomic E-state index is 12.4. The third-order valence-electron chi connectivity index (χ3n) is 3.68. The Morgan fingerprint density at radius 3 is 2.77 bits per heavy atom. The minimum Gasteiger partial charge on any atom is -0.301 e. The number of alkyl halides is 1. The van der Waals surface area contributed by atoms with Crippen molar-refractivity contribution >= 4 is 37.5 Å². The van der Waals surface area contributed by atoms with Crippen molar-refractivity contribution in [2.45, 2.75) is 13.3 Å². The molecule has 0 aliphatic rings. The van der Waals surface area contributed by atoms with Gasteiger partial charge in [-0.25, -0.2) is 9.36 Å². The zero-order valence-electron chi connectivity index (χ0n) is 12.2. The van der Waals surface area contributed by atoms with Gasteiger partial charge in [-0.3, -0.25) is 4.79 Å². The predicted molar refractivity (Wildman–Crippen MR) is 92.7 cm³/mol. The Bertz CT molecular complexity index is 971. The molecule has 0 unspecified atom stereocenters. The average Bonchev–Trinajstić information content (AvgIpc) is 2.88. The Morgan fingerprint density at radius 1 is 1.27 bits per heavy atom. The molecular weight excluding hydrogens is 366 g/mol. The van der Waals surface area contributed by atoms with Gasteiger partial charge >= 0.3 is 5.69 Å². The van der Waals surface area contributed by atoms with E-state index in [2.05, 4.69) is 20.3 Å². The molecule has 0 saturated carbocycles. The number of aryl methyl sites for hydroxylation is 2. The Morgan fingerprint density at radius 2 is 2.05 bits per heavy atom. The molecule has 7 heteroatoms. The number of fused-ring (bicyclic) bond motifs is 1. The van der Waals surface area contributed by atoms with E-state index in [0.717, 1.165) is 27.5 Å². The maximum absolute atomic E-state index is 12.4. The van der Waals surface area contributed by atoms with Gasteiger partial charge in [-0.1, -0.05) is 15.9 Å². The van der Waals surface area contributed by atoms with Crippen molar-refractivity contribution in [3.63, 3.8) is 0 Å². The molecule has 0 amide bonds. The summed E-state index contributed by atoms with van der Waals surface area (Å²) < 4.78 is 8.16. The van der Waals surface area contributed by atoms with E-state index in [4.69, 9.17) is 0 Å². The molecule has 0 bridgehead atoms. The molecule has 2 aromatic heterocycles. The van der Waals surface area contributed by atoms with Crippen molar-refractivity contribution in [2.75, 3.05) is 5.33 Å². The highest BCUT2D eigenvalue weighted by Gasteiger charge is 2.11. The highest BCUT2D eigenvalue weighted by molar-refractivity contribution is 9.09. The van der Waals surface area contributed by atoms with Gasteiger partial charge in [0, 0.05) is 35.9 Å². The number of halogens is 1. The van der Waals surface area contributed by atoms with Gasteiger partial charge in [-0.2, -0.15) is 4.37 Å². The van der Waals surface area contributed by atoms with Crippen LogP contribution in [0.3, 0.4) is 0 Å². The molecule has 0 N–H and O–H groups in total. The second-order valence-corrected chi connectivity index (χ2v) is 6.65. The van der Waals surface area contributed by atoms with Gasteiger partial charge in [0.05, 0.1) is 16.1 Å². The molecule has 0 fully saturated rings. The number of rotatable bonds is 3. The van der Waals surface area contributed by atoms with E-state index in [0.29, 0.717) is 11.4 Å². The summed E-state index contributed by atoms with van der Waals surface area (Å²) in [5.41, 5.74) is 1.55. The first kappa shape index (κ1) is 15.2. The number of hydrogen-bond acceptors (Lipinski definition) is 4. The van der Waals surface area contributed by atoms with Crippen molar-refractivity contribution in [3.8, 4) is 5.69 Å². The second-order valence-electron chi connectivity index (χ2n) is 5.05. The third-order valence-corrected chi connectivity index (χ3v) is 4.94. The lowest BCUT2D eigenvalue weighted by molar-refractivity contribution is 0.714. The molecule has 5 nitrogen and oxygen atoms in total. The summed E-state index contributed by atoms with van der Waals surface area (Å²) in [6.45, 7) is 1.74. The molecule has 0 spiro atoms. The first-order valence-corrected chi connectivity index (χ1v) is 8.66. The minimum atomic E-state index is -0.338. The summed E-state index contributed by atoms with van der Waals surface area (Å²) in [4.78, 5) is 24.6. The van der Waals surface area contributed by atoms with Crippen molar-refractivity contribution in [1.29, 1.82) is 0 Å². The first-order valence-electron chi connectivity index (χ1n) is 6.77. The van der Waals surface area contributed by atoms with Gasteiger partial charge in [0.25, 0.3) is 5.56 Å². The van der Waals surface area contributed by atoms with E-state index in [-0.39, 0.29) is 11.2 Å². The molecule has 0 saturated heterocycles. The quantitative estimate of drug-likeness (QED) is 0.656. The van der Waals surface area contributed by atoms with E-state index in [1.165, 1.54) is 26.7 Å². The molecule has 0 aliphatic carbocycles. The van der Waals surface area contributed by atoms with Crippen molar-refractivity contribution in [3.05, 3.63) is 56.5 Å². The number of hydrogen-bond donors (Lipinski definition) is 0. The standard InChI is InChI=1S/C15H14BrN3O2S/c1-9-7-14(20)19(15(21)18(9)2)10-3-4-13-11(8-10)12(5-6-16)17-22-13/h3-4,7-8H,5-6H2,1-2H3. The highest BCUT2D eigenvalue weighted by atomic mass is 79.9. The fourth-order valence-corrected chi connectivity index (χ4v) is 3.54. The summed E-state index contributed by atoms with van der Waals surface area (Å²) in [5, 5.41) is 1.82. The van der Waals surface area contributed by atoms with E-state index in [9.17, 15) is 9.59 Å². The van der Waals surface area contributed by atoms with Gasteiger partial charge in [0.2, 0.25) is 0 Å². The molecule has 1 aromatic carbocycles. The van der Waals surface area contributed by atoms with Crippen LogP contribution in [0, 0.1) is 6.92 Å². The fourth-order valence-electron chi connectivity index (χ4n) is 2.36. The van der Waals surface area contributed by atoms with Crippen molar-refractivity contribution < 1.29 is 0 Å². The molecule has 0 atom stereocenters. The second kappa shape index (κ2) is 5.81. The van der Waals surface area contributed by atoms with E-state index < -0.39 is 0 Å². The van der Waals surface area contributed by atoms with Crippen LogP contribution in [-0.4, -0.2) is 18.8 Å².